The molecule has 0 radical (unpaired) electrons. The highest BCUT2D eigenvalue weighted by molar-refractivity contribution is 5.92. The van der Waals surface area contributed by atoms with Crippen molar-refractivity contribution < 1.29 is 4.79 Å². The predicted octanol–water partition coefficient (Wildman–Crippen LogP) is 4.20. The molecule has 1 saturated carbocycles. The standard InChI is InChI=1S/C18H26N2O/c21-18(15-7-3-1-4-8-15)19-16-9-11-17(12-10-16)20-13-5-2-6-14-20/h9-12,15H,1-8,13-14H2,(H,19,21). The molecule has 1 saturated heterocycles. The number of anilines is 2. The third-order valence-corrected chi connectivity index (χ3v) is 4.83. The molecule has 0 aromatic heterocycles. The van der Waals surface area contributed by atoms with Crippen molar-refractivity contribution in [3.05, 3.63) is 24.3 Å². The zero-order valence-corrected chi connectivity index (χ0v) is 12.8. The van der Waals surface area contributed by atoms with Gasteiger partial charge in [-0.3, -0.25) is 4.79 Å². The number of rotatable bonds is 3. The Bertz CT molecular complexity index is 457. The van der Waals surface area contributed by atoms with Crippen molar-refractivity contribution in [2.24, 2.45) is 5.92 Å². The van der Waals surface area contributed by atoms with Gasteiger partial charge < -0.3 is 10.2 Å². The maximum atomic E-state index is 12.2. The molecule has 0 unspecified atom stereocenters. The van der Waals surface area contributed by atoms with Crippen LogP contribution < -0.4 is 10.2 Å². The number of nitrogens with one attached hydrogen (secondary N) is 1. The fourth-order valence-electron chi connectivity index (χ4n) is 3.52. The maximum absolute atomic E-state index is 12.2. The van der Waals surface area contributed by atoms with Crippen LogP contribution in [-0.4, -0.2) is 19.0 Å². The Balaban J connectivity index is 1.57. The second kappa shape index (κ2) is 6.97. The average Bonchev–Trinajstić information content (AvgIpc) is 2.57. The molecule has 1 heterocycles. The lowest BCUT2D eigenvalue weighted by Crippen LogP contribution is -2.29. The molecule has 2 fully saturated rings. The molecule has 0 atom stereocenters. The first-order valence-electron chi connectivity index (χ1n) is 8.49. The fraction of sp³-hybridized carbons (Fsp3) is 0.611. The predicted molar refractivity (Wildman–Crippen MR) is 87.7 cm³/mol. The summed E-state index contributed by atoms with van der Waals surface area (Å²) in [6.07, 6.45) is 9.73. The Morgan fingerprint density at radius 2 is 1.52 bits per heavy atom. The molecule has 21 heavy (non-hydrogen) atoms. The third kappa shape index (κ3) is 3.78. The fourth-order valence-corrected chi connectivity index (χ4v) is 3.52. The second-order valence-corrected chi connectivity index (χ2v) is 6.42. The van der Waals surface area contributed by atoms with Gasteiger partial charge in [-0.1, -0.05) is 19.3 Å². The lowest BCUT2D eigenvalue weighted by molar-refractivity contribution is -0.120. The van der Waals surface area contributed by atoms with Gasteiger partial charge in [-0.05, 0) is 56.4 Å². The lowest BCUT2D eigenvalue weighted by atomic mass is 9.88. The molecule has 3 nitrogen and oxygen atoms in total. The summed E-state index contributed by atoms with van der Waals surface area (Å²) < 4.78 is 0. The minimum atomic E-state index is 0.209. The van der Waals surface area contributed by atoms with Gasteiger partial charge in [-0.2, -0.15) is 0 Å². The Morgan fingerprint density at radius 3 is 2.19 bits per heavy atom. The minimum Gasteiger partial charge on any atom is -0.372 e. The van der Waals surface area contributed by atoms with E-state index in [0.717, 1.165) is 31.6 Å². The third-order valence-electron chi connectivity index (χ3n) is 4.83. The van der Waals surface area contributed by atoms with E-state index in [1.54, 1.807) is 0 Å². The summed E-state index contributed by atoms with van der Waals surface area (Å²) in [5.41, 5.74) is 2.22. The van der Waals surface area contributed by atoms with E-state index < -0.39 is 0 Å². The van der Waals surface area contributed by atoms with E-state index in [1.165, 1.54) is 44.2 Å². The first-order chi connectivity index (χ1) is 10.3. The van der Waals surface area contributed by atoms with E-state index in [4.69, 9.17) is 0 Å². The molecule has 114 valence electrons. The van der Waals surface area contributed by atoms with Crippen LogP contribution in [0.15, 0.2) is 24.3 Å². The van der Waals surface area contributed by atoms with E-state index >= 15 is 0 Å². The van der Waals surface area contributed by atoms with Gasteiger partial charge in [0, 0.05) is 30.4 Å². The van der Waals surface area contributed by atoms with Crippen molar-refractivity contribution in [3.63, 3.8) is 0 Å². The Hall–Kier alpha value is -1.51. The highest BCUT2D eigenvalue weighted by Gasteiger charge is 2.21. The summed E-state index contributed by atoms with van der Waals surface area (Å²) in [5.74, 6) is 0.431. The largest absolute Gasteiger partial charge is 0.372 e. The molecule has 1 amide bonds. The van der Waals surface area contributed by atoms with Crippen LogP contribution in [0.25, 0.3) is 0 Å². The number of amides is 1. The van der Waals surface area contributed by atoms with Crippen molar-refractivity contribution >= 4 is 17.3 Å². The number of carbonyl (C=O) groups excluding carboxylic acids is 1. The van der Waals surface area contributed by atoms with Crippen molar-refractivity contribution in [2.75, 3.05) is 23.3 Å². The van der Waals surface area contributed by atoms with Crippen molar-refractivity contribution in [3.8, 4) is 0 Å². The van der Waals surface area contributed by atoms with Crippen molar-refractivity contribution in [2.45, 2.75) is 51.4 Å². The highest BCUT2D eigenvalue weighted by atomic mass is 16.1. The summed E-state index contributed by atoms with van der Waals surface area (Å²) in [7, 11) is 0. The van der Waals surface area contributed by atoms with Crippen LogP contribution in [0.1, 0.15) is 51.4 Å². The normalized spacial score (nSPS) is 20.3. The average molecular weight is 286 g/mol. The van der Waals surface area contributed by atoms with Gasteiger partial charge in [-0.15, -0.1) is 0 Å². The van der Waals surface area contributed by atoms with Crippen LogP contribution in [0.3, 0.4) is 0 Å². The summed E-state index contributed by atoms with van der Waals surface area (Å²) in [4.78, 5) is 14.7. The molecule has 1 aromatic rings. The van der Waals surface area contributed by atoms with Gasteiger partial charge in [0.05, 0.1) is 0 Å². The summed E-state index contributed by atoms with van der Waals surface area (Å²) in [5, 5.41) is 3.08. The molecular formula is C18H26N2O. The van der Waals surface area contributed by atoms with Gasteiger partial charge in [0.1, 0.15) is 0 Å². The van der Waals surface area contributed by atoms with Crippen molar-refractivity contribution in [1.29, 1.82) is 0 Å². The smallest absolute Gasteiger partial charge is 0.227 e. The molecule has 1 aliphatic heterocycles. The molecular weight excluding hydrogens is 260 g/mol. The molecule has 0 bridgehead atoms. The minimum absolute atomic E-state index is 0.209. The van der Waals surface area contributed by atoms with E-state index in [1.807, 2.05) is 12.1 Å². The zero-order valence-electron chi connectivity index (χ0n) is 12.8. The van der Waals surface area contributed by atoms with Gasteiger partial charge in [0.15, 0.2) is 0 Å². The maximum Gasteiger partial charge on any atom is 0.227 e. The molecule has 2 aliphatic rings. The van der Waals surface area contributed by atoms with Gasteiger partial charge in [0.2, 0.25) is 5.91 Å². The number of piperidine rings is 1. The SMILES string of the molecule is O=C(Nc1ccc(N2CCCCC2)cc1)C1CCCCC1. The molecule has 3 heteroatoms. The molecule has 1 N–H and O–H groups in total. The quantitative estimate of drug-likeness (QED) is 0.903. The van der Waals surface area contributed by atoms with E-state index in [9.17, 15) is 4.79 Å². The van der Waals surface area contributed by atoms with E-state index in [-0.39, 0.29) is 11.8 Å². The first-order valence-corrected chi connectivity index (χ1v) is 8.49. The second-order valence-electron chi connectivity index (χ2n) is 6.42. The number of benzene rings is 1. The first kappa shape index (κ1) is 14.4. The summed E-state index contributed by atoms with van der Waals surface area (Å²) >= 11 is 0. The van der Waals surface area contributed by atoms with Gasteiger partial charge in [-0.25, -0.2) is 0 Å². The van der Waals surface area contributed by atoms with E-state index in [2.05, 4.69) is 22.3 Å². The highest BCUT2D eigenvalue weighted by Crippen LogP contribution is 2.26. The Kier molecular flexibility index (Phi) is 4.79. The number of hydrogen-bond acceptors (Lipinski definition) is 2. The molecule has 1 aliphatic carbocycles. The van der Waals surface area contributed by atoms with Crippen LogP contribution in [0.2, 0.25) is 0 Å². The van der Waals surface area contributed by atoms with Crippen LogP contribution >= 0.6 is 0 Å². The van der Waals surface area contributed by atoms with Gasteiger partial charge in [0.25, 0.3) is 0 Å². The van der Waals surface area contributed by atoms with E-state index in [0.29, 0.717) is 0 Å². The zero-order chi connectivity index (χ0) is 14.5. The summed E-state index contributed by atoms with van der Waals surface area (Å²) in [6.45, 7) is 2.32. The lowest BCUT2D eigenvalue weighted by Gasteiger charge is -2.29. The molecule has 3 rings (SSSR count). The van der Waals surface area contributed by atoms with Crippen LogP contribution in [0, 0.1) is 5.92 Å². The number of carbonyl (C=O) groups is 1. The number of hydrogen-bond donors (Lipinski definition) is 1. The Labute approximate surface area is 127 Å². The van der Waals surface area contributed by atoms with Crippen LogP contribution in [0.4, 0.5) is 11.4 Å². The van der Waals surface area contributed by atoms with Crippen LogP contribution in [0.5, 0.6) is 0 Å². The summed E-state index contributed by atoms with van der Waals surface area (Å²) in [6, 6.07) is 8.37. The Morgan fingerprint density at radius 1 is 0.905 bits per heavy atom. The van der Waals surface area contributed by atoms with Gasteiger partial charge >= 0.3 is 0 Å². The molecule has 0 spiro atoms. The van der Waals surface area contributed by atoms with Crippen LogP contribution in [-0.2, 0) is 4.79 Å². The topological polar surface area (TPSA) is 32.3 Å². The molecule has 1 aromatic carbocycles. The monoisotopic (exact) mass is 286 g/mol. The van der Waals surface area contributed by atoms with Crippen molar-refractivity contribution in [1.82, 2.24) is 0 Å². The number of nitrogens with zero attached hydrogens (tertiary/aromatic N) is 1.